The second-order valence-corrected chi connectivity index (χ2v) is 17.0. The van der Waals surface area contributed by atoms with Crippen LogP contribution >= 0.6 is 13.5 Å². The first-order valence-electron chi connectivity index (χ1n) is 20.1. The maximum Gasteiger partial charge on any atom is 0.316 e. The zero-order chi connectivity index (χ0) is 40.6. The molecule has 0 unspecified atom stereocenters. The molecule has 0 fully saturated rings. The molecule has 2 aliphatic carbocycles. The van der Waals surface area contributed by atoms with Gasteiger partial charge in [-0.05, 0) is 176 Å². The van der Waals surface area contributed by atoms with Crippen LogP contribution in [-0.4, -0.2) is 39.2 Å². The molecule has 316 valence electrons. The van der Waals surface area contributed by atoms with E-state index in [1.165, 1.54) is 33.4 Å². The normalized spacial score (nSPS) is 15.7. The van der Waals surface area contributed by atoms with E-state index in [0.29, 0.717) is 23.3 Å². The fourth-order valence-corrected chi connectivity index (χ4v) is 7.36. The molecular formula is C49H68N2O6S. The van der Waals surface area contributed by atoms with Crippen molar-refractivity contribution in [3.8, 4) is 23.0 Å². The van der Waals surface area contributed by atoms with Gasteiger partial charge in [0.1, 0.15) is 23.0 Å². The number of rotatable bonds is 10. The van der Waals surface area contributed by atoms with E-state index in [2.05, 4.69) is 60.9 Å². The topological polar surface area (TPSA) is 95.1 Å². The number of fused-ring (bicyclic) bond motifs is 2. The molecule has 0 radical (unpaired) electrons. The number of hydrogen-bond donors (Lipinski definition) is 2. The molecule has 2 N–H and O–H groups in total. The van der Waals surface area contributed by atoms with Crippen LogP contribution in [-0.2, 0) is 35.3 Å². The second kappa shape index (κ2) is 20.9. The predicted octanol–water partition coefficient (Wildman–Crippen LogP) is 11.5. The zero-order valence-electron chi connectivity index (χ0n) is 35.7. The number of benzene rings is 4. The third kappa shape index (κ3) is 12.2. The van der Waals surface area contributed by atoms with Crippen LogP contribution in [0.1, 0.15) is 121 Å². The standard InChI is InChI=1S/2C24H31NO3.CH4.H2S/c2*1-6-25-22-15-19(27-5)11-12-21(22)18-8-7-17-14-20(10-9-16(17)13-18)28-23(26)24(2,3)4;;/h2*9-12,14-15,18,25H,6-8,13H2,1-5H3;1H4;1H2/t2*18-;;/m10../s1. The van der Waals surface area contributed by atoms with Gasteiger partial charge < -0.3 is 29.6 Å². The molecule has 2 atom stereocenters. The molecule has 9 heteroatoms. The Morgan fingerprint density at radius 2 is 0.931 bits per heavy atom. The highest BCUT2D eigenvalue weighted by molar-refractivity contribution is 7.59. The van der Waals surface area contributed by atoms with E-state index in [9.17, 15) is 9.59 Å². The molecule has 0 amide bonds. The van der Waals surface area contributed by atoms with E-state index >= 15 is 0 Å². The molecule has 0 aromatic heterocycles. The molecule has 0 bridgehead atoms. The van der Waals surface area contributed by atoms with E-state index in [4.69, 9.17) is 18.9 Å². The summed E-state index contributed by atoms with van der Waals surface area (Å²) in [6.45, 7) is 17.2. The van der Waals surface area contributed by atoms with Gasteiger partial charge in [0.15, 0.2) is 0 Å². The number of methoxy groups -OCH3 is 2. The van der Waals surface area contributed by atoms with Gasteiger partial charge in [-0.1, -0.05) is 31.7 Å². The average Bonchev–Trinajstić information content (AvgIpc) is 3.17. The van der Waals surface area contributed by atoms with Crippen molar-refractivity contribution < 1.29 is 28.5 Å². The summed E-state index contributed by atoms with van der Waals surface area (Å²) in [7, 11) is 3.40. The summed E-state index contributed by atoms with van der Waals surface area (Å²) in [6.07, 6.45) is 6.11. The Kier molecular flexibility index (Phi) is 17.2. The van der Waals surface area contributed by atoms with Gasteiger partial charge in [-0.25, -0.2) is 0 Å². The quantitative estimate of drug-likeness (QED) is 0.121. The Bertz CT molecular complexity index is 1850. The predicted molar refractivity (Wildman–Crippen MR) is 244 cm³/mol. The molecule has 8 nitrogen and oxygen atoms in total. The Morgan fingerprint density at radius 3 is 1.26 bits per heavy atom. The highest BCUT2D eigenvalue weighted by Gasteiger charge is 2.28. The molecular weight excluding hydrogens is 745 g/mol. The maximum atomic E-state index is 12.2. The minimum Gasteiger partial charge on any atom is -0.497 e. The number of ether oxygens (including phenoxy) is 4. The van der Waals surface area contributed by atoms with E-state index < -0.39 is 10.8 Å². The number of esters is 2. The van der Waals surface area contributed by atoms with Gasteiger partial charge in [-0.2, -0.15) is 13.5 Å². The van der Waals surface area contributed by atoms with Crippen molar-refractivity contribution in [2.75, 3.05) is 37.9 Å². The van der Waals surface area contributed by atoms with Crippen LogP contribution in [0.2, 0.25) is 0 Å². The SMILES string of the molecule is C.CCNc1cc(OC)ccc1[C@@H]1CCc2cc(OC(=O)C(C)(C)C)ccc2C1.CCNc1cc(OC)ccc1[C@H]1CCc2cc(OC(=O)C(C)(C)C)ccc2C1.S. The summed E-state index contributed by atoms with van der Waals surface area (Å²) in [6, 6.07) is 24.8. The van der Waals surface area contributed by atoms with Gasteiger partial charge in [0, 0.05) is 36.6 Å². The van der Waals surface area contributed by atoms with Gasteiger partial charge in [0.25, 0.3) is 0 Å². The minimum absolute atomic E-state index is 0. The van der Waals surface area contributed by atoms with Crippen molar-refractivity contribution in [3.63, 3.8) is 0 Å². The largest absolute Gasteiger partial charge is 0.497 e. The highest BCUT2D eigenvalue weighted by Crippen LogP contribution is 2.40. The Balaban J connectivity index is 0.000000300. The van der Waals surface area contributed by atoms with Crippen LogP contribution in [0.4, 0.5) is 11.4 Å². The molecule has 4 aromatic rings. The van der Waals surface area contributed by atoms with Crippen LogP contribution in [0.5, 0.6) is 23.0 Å². The fourth-order valence-electron chi connectivity index (χ4n) is 7.36. The summed E-state index contributed by atoms with van der Waals surface area (Å²) in [4.78, 5) is 24.3. The summed E-state index contributed by atoms with van der Waals surface area (Å²) in [5.41, 5.74) is 9.25. The third-order valence-electron chi connectivity index (χ3n) is 10.6. The lowest BCUT2D eigenvalue weighted by atomic mass is 9.79. The third-order valence-corrected chi connectivity index (χ3v) is 10.6. The van der Waals surface area contributed by atoms with Crippen molar-refractivity contribution >= 4 is 36.8 Å². The Labute approximate surface area is 355 Å². The zero-order valence-corrected chi connectivity index (χ0v) is 36.7. The molecule has 0 heterocycles. The first kappa shape index (κ1) is 47.7. The van der Waals surface area contributed by atoms with Gasteiger partial charge in [0.2, 0.25) is 0 Å². The number of hydrogen-bond acceptors (Lipinski definition) is 8. The molecule has 0 aliphatic heterocycles. The van der Waals surface area contributed by atoms with Crippen molar-refractivity contribution in [2.24, 2.45) is 10.8 Å². The van der Waals surface area contributed by atoms with Crippen molar-refractivity contribution in [3.05, 3.63) is 106 Å². The minimum atomic E-state index is -0.502. The number of aryl methyl sites for hydroxylation is 2. The maximum absolute atomic E-state index is 12.2. The van der Waals surface area contributed by atoms with Gasteiger partial charge in [0.05, 0.1) is 25.0 Å². The lowest BCUT2D eigenvalue weighted by Gasteiger charge is -2.27. The molecule has 58 heavy (non-hydrogen) atoms. The first-order valence-corrected chi connectivity index (χ1v) is 20.1. The Hall–Kier alpha value is -4.63. The van der Waals surface area contributed by atoms with Crippen LogP contribution in [0.25, 0.3) is 0 Å². The van der Waals surface area contributed by atoms with Crippen molar-refractivity contribution in [1.82, 2.24) is 0 Å². The fraction of sp³-hybridized carbons (Fsp3) is 0.469. The van der Waals surface area contributed by atoms with E-state index in [0.717, 1.165) is 74.5 Å². The van der Waals surface area contributed by atoms with Crippen LogP contribution < -0.4 is 29.6 Å². The smallest absolute Gasteiger partial charge is 0.316 e. The second-order valence-electron chi connectivity index (χ2n) is 17.0. The molecule has 0 saturated heterocycles. The summed E-state index contributed by atoms with van der Waals surface area (Å²) >= 11 is 0. The van der Waals surface area contributed by atoms with E-state index in [1.807, 2.05) is 77.9 Å². The number of carbonyl (C=O) groups excluding carboxylic acids is 2. The van der Waals surface area contributed by atoms with Crippen LogP contribution in [0, 0.1) is 10.8 Å². The molecule has 4 aromatic carbocycles. The van der Waals surface area contributed by atoms with Crippen molar-refractivity contribution in [2.45, 2.75) is 113 Å². The van der Waals surface area contributed by atoms with E-state index in [1.54, 1.807) is 14.2 Å². The van der Waals surface area contributed by atoms with Crippen molar-refractivity contribution in [1.29, 1.82) is 0 Å². The van der Waals surface area contributed by atoms with Crippen LogP contribution in [0.15, 0.2) is 72.8 Å². The van der Waals surface area contributed by atoms with Gasteiger partial charge in [-0.3, -0.25) is 9.59 Å². The number of anilines is 2. The van der Waals surface area contributed by atoms with E-state index in [-0.39, 0.29) is 32.9 Å². The average molecular weight is 813 g/mol. The lowest BCUT2D eigenvalue weighted by molar-refractivity contribution is -0.143. The molecule has 0 saturated carbocycles. The molecule has 6 rings (SSSR count). The first-order chi connectivity index (χ1) is 26.6. The van der Waals surface area contributed by atoms with Crippen LogP contribution in [0.3, 0.4) is 0 Å². The number of carbonyl (C=O) groups is 2. The summed E-state index contributed by atoms with van der Waals surface area (Å²) in [5, 5.41) is 6.96. The summed E-state index contributed by atoms with van der Waals surface area (Å²) in [5.74, 6) is 3.59. The summed E-state index contributed by atoms with van der Waals surface area (Å²) < 4.78 is 21.9. The number of nitrogens with one attached hydrogen (secondary N) is 2. The Morgan fingerprint density at radius 1 is 0.569 bits per heavy atom. The lowest BCUT2D eigenvalue weighted by Crippen LogP contribution is -2.25. The highest BCUT2D eigenvalue weighted by atomic mass is 32.1. The van der Waals surface area contributed by atoms with Gasteiger partial charge >= 0.3 is 11.9 Å². The molecule has 0 spiro atoms. The van der Waals surface area contributed by atoms with Gasteiger partial charge in [-0.15, -0.1) is 0 Å². The monoisotopic (exact) mass is 812 g/mol. The molecule has 2 aliphatic rings.